The topological polar surface area (TPSA) is 50.4 Å². The number of ether oxygens (including phenoxy) is 1. The van der Waals surface area contributed by atoms with Gasteiger partial charge in [-0.2, -0.15) is 0 Å². The lowest BCUT2D eigenvalue weighted by molar-refractivity contribution is 0.102. The highest BCUT2D eigenvalue weighted by Gasteiger charge is 2.18. The van der Waals surface area contributed by atoms with Gasteiger partial charge >= 0.3 is 6.09 Å². The molecule has 1 heterocycles. The molecule has 0 saturated carbocycles. The average Bonchev–Trinajstić information content (AvgIpc) is 2.15. The average molecular weight is 214 g/mol. The number of carbonyl (C=O) groups is 1. The Kier molecular flexibility index (Phi) is 4.39. The lowest BCUT2D eigenvalue weighted by Crippen LogP contribution is -2.46. The number of hydrogen-bond donors (Lipinski definition) is 2. The Morgan fingerprint density at radius 2 is 2.27 bits per heavy atom. The summed E-state index contributed by atoms with van der Waals surface area (Å²) in [6.07, 6.45) is 1.86. The quantitative estimate of drug-likeness (QED) is 0.732. The Balaban J connectivity index is 2.17. The first-order chi connectivity index (χ1) is 6.97. The molecule has 88 valence electrons. The van der Waals surface area contributed by atoms with Gasteiger partial charge in [-0.05, 0) is 24.8 Å². The third kappa shape index (κ3) is 5.62. The predicted molar refractivity (Wildman–Crippen MR) is 59.8 cm³/mol. The van der Waals surface area contributed by atoms with E-state index in [0.717, 1.165) is 25.9 Å². The molecule has 0 spiro atoms. The summed E-state index contributed by atoms with van der Waals surface area (Å²) in [6.45, 7) is 8.49. The van der Waals surface area contributed by atoms with Gasteiger partial charge in [-0.25, -0.2) is 4.79 Å². The Hall–Kier alpha value is -0.770. The van der Waals surface area contributed by atoms with Crippen molar-refractivity contribution in [3.05, 3.63) is 0 Å². The fraction of sp³-hybridized carbons (Fsp3) is 0.909. The lowest BCUT2D eigenvalue weighted by atomic mass is 9.99. The highest BCUT2D eigenvalue weighted by atomic mass is 16.5. The van der Waals surface area contributed by atoms with E-state index in [2.05, 4.69) is 10.6 Å². The molecule has 1 amide bonds. The van der Waals surface area contributed by atoms with Gasteiger partial charge in [0.2, 0.25) is 0 Å². The molecule has 1 aliphatic rings. The molecule has 4 heteroatoms. The maximum Gasteiger partial charge on any atom is 0.407 e. The van der Waals surface area contributed by atoms with Gasteiger partial charge in [0.1, 0.15) is 0 Å². The molecule has 1 rings (SSSR count). The molecule has 1 unspecified atom stereocenters. The van der Waals surface area contributed by atoms with Gasteiger partial charge < -0.3 is 15.4 Å². The summed E-state index contributed by atoms with van der Waals surface area (Å²) < 4.78 is 5.13. The zero-order valence-electron chi connectivity index (χ0n) is 9.93. The van der Waals surface area contributed by atoms with Crippen molar-refractivity contribution < 1.29 is 9.53 Å². The Bertz CT molecular complexity index is 205. The lowest BCUT2D eigenvalue weighted by Gasteiger charge is -2.24. The SMILES string of the molecule is CC(C)(C)COC(=O)NC1CCCNC1. The van der Waals surface area contributed by atoms with E-state index in [1.165, 1.54) is 0 Å². The van der Waals surface area contributed by atoms with E-state index in [4.69, 9.17) is 4.74 Å². The molecule has 15 heavy (non-hydrogen) atoms. The summed E-state index contributed by atoms with van der Waals surface area (Å²) in [4.78, 5) is 11.4. The van der Waals surface area contributed by atoms with Gasteiger partial charge in [-0.15, -0.1) is 0 Å². The largest absolute Gasteiger partial charge is 0.449 e. The molecule has 0 aromatic heterocycles. The van der Waals surface area contributed by atoms with Crippen LogP contribution in [0.15, 0.2) is 0 Å². The van der Waals surface area contributed by atoms with E-state index in [0.29, 0.717) is 6.61 Å². The van der Waals surface area contributed by atoms with Crippen LogP contribution in [0, 0.1) is 5.41 Å². The van der Waals surface area contributed by atoms with E-state index in [9.17, 15) is 4.79 Å². The summed E-state index contributed by atoms with van der Waals surface area (Å²) in [6, 6.07) is 0.228. The van der Waals surface area contributed by atoms with Crippen LogP contribution in [0.4, 0.5) is 4.79 Å². The first-order valence-electron chi connectivity index (χ1n) is 5.61. The Morgan fingerprint density at radius 3 is 2.80 bits per heavy atom. The van der Waals surface area contributed by atoms with Crippen LogP contribution in [-0.4, -0.2) is 31.8 Å². The molecule has 0 radical (unpaired) electrons. The second-order valence-electron chi connectivity index (χ2n) is 5.32. The monoisotopic (exact) mass is 214 g/mol. The smallest absolute Gasteiger partial charge is 0.407 e. The maximum absolute atomic E-state index is 11.4. The molecule has 1 fully saturated rings. The normalized spacial score (nSPS) is 22.2. The molecule has 0 bridgehead atoms. The van der Waals surface area contributed by atoms with Gasteiger partial charge in [0, 0.05) is 12.6 Å². The van der Waals surface area contributed by atoms with Crippen LogP contribution in [0.1, 0.15) is 33.6 Å². The van der Waals surface area contributed by atoms with Crippen molar-refractivity contribution in [2.24, 2.45) is 5.41 Å². The molecule has 1 saturated heterocycles. The molecule has 0 aromatic rings. The Morgan fingerprint density at radius 1 is 1.53 bits per heavy atom. The van der Waals surface area contributed by atoms with Crippen molar-refractivity contribution >= 4 is 6.09 Å². The fourth-order valence-corrected chi connectivity index (χ4v) is 1.47. The fourth-order valence-electron chi connectivity index (χ4n) is 1.47. The van der Waals surface area contributed by atoms with E-state index < -0.39 is 0 Å². The molecule has 0 aliphatic carbocycles. The molecular formula is C11H22N2O2. The third-order valence-corrected chi connectivity index (χ3v) is 2.26. The number of hydrogen-bond acceptors (Lipinski definition) is 3. The molecule has 4 nitrogen and oxygen atoms in total. The minimum Gasteiger partial charge on any atom is -0.449 e. The van der Waals surface area contributed by atoms with Gasteiger partial charge in [0.15, 0.2) is 0 Å². The van der Waals surface area contributed by atoms with Crippen LogP contribution in [0.5, 0.6) is 0 Å². The van der Waals surface area contributed by atoms with Gasteiger partial charge in [-0.3, -0.25) is 0 Å². The van der Waals surface area contributed by atoms with Crippen molar-refractivity contribution in [3.8, 4) is 0 Å². The summed E-state index contributed by atoms with van der Waals surface area (Å²) in [5.41, 5.74) is 0.0299. The summed E-state index contributed by atoms with van der Waals surface area (Å²) in [7, 11) is 0. The molecular weight excluding hydrogens is 192 g/mol. The standard InChI is InChI=1S/C11H22N2O2/c1-11(2,3)8-15-10(14)13-9-5-4-6-12-7-9/h9,12H,4-8H2,1-3H3,(H,13,14). The molecule has 1 atom stereocenters. The summed E-state index contributed by atoms with van der Waals surface area (Å²) in [5, 5.41) is 6.11. The van der Waals surface area contributed by atoms with Gasteiger partial charge in [0.05, 0.1) is 6.61 Å². The maximum atomic E-state index is 11.4. The number of rotatable bonds is 2. The van der Waals surface area contributed by atoms with Crippen molar-refractivity contribution in [3.63, 3.8) is 0 Å². The van der Waals surface area contributed by atoms with Gasteiger partial charge in [-0.1, -0.05) is 20.8 Å². The minimum absolute atomic E-state index is 0.0299. The van der Waals surface area contributed by atoms with E-state index in [1.54, 1.807) is 0 Å². The van der Waals surface area contributed by atoms with Crippen LogP contribution in [0.2, 0.25) is 0 Å². The zero-order valence-corrected chi connectivity index (χ0v) is 9.93. The summed E-state index contributed by atoms with van der Waals surface area (Å²) >= 11 is 0. The first kappa shape index (κ1) is 12.3. The van der Waals surface area contributed by atoms with E-state index >= 15 is 0 Å². The van der Waals surface area contributed by atoms with Crippen LogP contribution in [0.3, 0.4) is 0 Å². The number of nitrogens with one attached hydrogen (secondary N) is 2. The zero-order chi connectivity index (χ0) is 11.3. The minimum atomic E-state index is -0.293. The van der Waals surface area contributed by atoms with Crippen LogP contribution in [-0.2, 0) is 4.74 Å². The first-order valence-corrected chi connectivity index (χ1v) is 5.61. The summed E-state index contributed by atoms with van der Waals surface area (Å²) in [5.74, 6) is 0. The second-order valence-corrected chi connectivity index (χ2v) is 5.32. The number of amides is 1. The van der Waals surface area contributed by atoms with Crippen LogP contribution < -0.4 is 10.6 Å². The van der Waals surface area contributed by atoms with Crippen molar-refractivity contribution in [1.82, 2.24) is 10.6 Å². The second kappa shape index (κ2) is 5.35. The van der Waals surface area contributed by atoms with E-state index in [-0.39, 0.29) is 17.6 Å². The van der Waals surface area contributed by atoms with Crippen molar-refractivity contribution in [2.45, 2.75) is 39.7 Å². The molecule has 0 aromatic carbocycles. The number of carbonyl (C=O) groups excluding carboxylic acids is 1. The van der Waals surface area contributed by atoms with E-state index in [1.807, 2.05) is 20.8 Å². The molecule has 1 aliphatic heterocycles. The third-order valence-electron chi connectivity index (χ3n) is 2.26. The number of alkyl carbamates (subject to hydrolysis) is 1. The van der Waals surface area contributed by atoms with Crippen LogP contribution in [0.25, 0.3) is 0 Å². The highest BCUT2D eigenvalue weighted by molar-refractivity contribution is 5.67. The van der Waals surface area contributed by atoms with Crippen molar-refractivity contribution in [2.75, 3.05) is 19.7 Å². The molecule has 2 N–H and O–H groups in total. The van der Waals surface area contributed by atoms with Crippen molar-refractivity contribution in [1.29, 1.82) is 0 Å². The number of piperidine rings is 1. The van der Waals surface area contributed by atoms with Gasteiger partial charge in [0.25, 0.3) is 0 Å². The predicted octanol–water partition coefficient (Wildman–Crippen LogP) is 1.51. The highest BCUT2D eigenvalue weighted by Crippen LogP contribution is 2.12. The Labute approximate surface area is 91.8 Å². The van der Waals surface area contributed by atoms with Crippen LogP contribution >= 0.6 is 0 Å².